The normalized spacial score (nSPS) is 16.9. The number of hydrogen-bond donors (Lipinski definition) is 2. The first-order valence-electron chi connectivity index (χ1n) is 8.44. The zero-order valence-corrected chi connectivity index (χ0v) is 13.8. The molecule has 1 aliphatic heterocycles. The van der Waals surface area contributed by atoms with Crippen LogP contribution in [0.25, 0.3) is 11.2 Å². The molecule has 0 atom stereocenters. The predicted molar refractivity (Wildman–Crippen MR) is 91.2 cm³/mol. The Morgan fingerprint density at radius 3 is 2.92 bits per heavy atom. The van der Waals surface area contributed by atoms with E-state index in [4.69, 9.17) is 5.73 Å². The van der Waals surface area contributed by atoms with Crippen LogP contribution in [-0.4, -0.2) is 47.7 Å². The van der Waals surface area contributed by atoms with Crippen molar-refractivity contribution in [1.29, 1.82) is 0 Å². The molecule has 126 valence electrons. The average Bonchev–Trinajstić information content (AvgIpc) is 3.24. The minimum absolute atomic E-state index is 0.348. The maximum atomic E-state index is 6.02. The Morgan fingerprint density at radius 1 is 1.29 bits per heavy atom. The monoisotopic (exact) mass is 326 g/mol. The van der Waals surface area contributed by atoms with Crippen LogP contribution < -0.4 is 5.73 Å². The molecule has 1 saturated heterocycles. The molecule has 0 bridgehead atoms. The Morgan fingerprint density at radius 2 is 2.12 bits per heavy atom. The van der Waals surface area contributed by atoms with Gasteiger partial charge in [-0.3, -0.25) is 9.58 Å². The lowest BCUT2D eigenvalue weighted by Gasteiger charge is -2.31. The van der Waals surface area contributed by atoms with Gasteiger partial charge in [0.1, 0.15) is 11.3 Å². The quantitative estimate of drug-likeness (QED) is 0.754. The van der Waals surface area contributed by atoms with E-state index in [0.29, 0.717) is 17.4 Å². The smallest absolute Gasteiger partial charge is 0.183 e. The second kappa shape index (κ2) is 6.20. The maximum Gasteiger partial charge on any atom is 0.183 e. The van der Waals surface area contributed by atoms with Gasteiger partial charge in [-0.15, -0.1) is 0 Å². The fourth-order valence-corrected chi connectivity index (χ4v) is 3.41. The molecule has 8 nitrogen and oxygen atoms in total. The van der Waals surface area contributed by atoms with E-state index in [1.165, 1.54) is 5.69 Å². The van der Waals surface area contributed by atoms with E-state index in [0.717, 1.165) is 50.4 Å². The van der Waals surface area contributed by atoms with Crippen LogP contribution in [0, 0.1) is 0 Å². The van der Waals surface area contributed by atoms with Crippen molar-refractivity contribution < 1.29 is 0 Å². The highest BCUT2D eigenvalue weighted by atomic mass is 15.3. The number of aryl methyl sites for hydroxylation is 1. The number of nitrogens with one attached hydrogen (secondary N) is 1. The summed E-state index contributed by atoms with van der Waals surface area (Å²) in [6.45, 7) is 6.04. The van der Waals surface area contributed by atoms with E-state index in [1.807, 2.05) is 6.20 Å². The number of hydrogen-bond acceptors (Lipinski definition) is 6. The lowest BCUT2D eigenvalue weighted by molar-refractivity contribution is 0.197. The maximum absolute atomic E-state index is 6.02. The number of aromatic nitrogens is 6. The van der Waals surface area contributed by atoms with Gasteiger partial charge in [0, 0.05) is 25.2 Å². The lowest BCUT2D eigenvalue weighted by Crippen LogP contribution is -2.33. The molecule has 8 heteroatoms. The molecular weight excluding hydrogens is 304 g/mol. The summed E-state index contributed by atoms with van der Waals surface area (Å²) in [7, 11) is 0. The summed E-state index contributed by atoms with van der Waals surface area (Å²) in [6.07, 6.45) is 5.56. The molecule has 4 rings (SSSR count). The molecule has 3 aromatic heterocycles. The highest BCUT2D eigenvalue weighted by molar-refractivity contribution is 5.80. The molecule has 3 aromatic rings. The standard InChI is InChI=1S/C16H22N8/c1-2-24-12(3-6-20-24)9-23-7-4-11(5-8-23)15-21-14(17)13-16(22-15)19-10-18-13/h3,6,10-11H,2,4-5,7-9H2,1H3,(H3,17,18,19,21,22). The molecular formula is C16H22N8. The molecule has 0 aliphatic carbocycles. The van der Waals surface area contributed by atoms with E-state index < -0.39 is 0 Å². The van der Waals surface area contributed by atoms with Gasteiger partial charge in [0.2, 0.25) is 0 Å². The summed E-state index contributed by atoms with van der Waals surface area (Å²) in [5, 5.41) is 4.34. The molecule has 1 aliphatic rings. The van der Waals surface area contributed by atoms with E-state index in [2.05, 4.69) is 47.6 Å². The van der Waals surface area contributed by atoms with Crippen molar-refractivity contribution in [3.63, 3.8) is 0 Å². The minimum Gasteiger partial charge on any atom is -0.382 e. The Balaban J connectivity index is 1.43. The van der Waals surface area contributed by atoms with Gasteiger partial charge in [-0.1, -0.05) is 0 Å². The Kier molecular flexibility index (Phi) is 3.89. The van der Waals surface area contributed by atoms with Crippen LogP contribution >= 0.6 is 0 Å². The molecule has 0 aromatic carbocycles. The first-order valence-corrected chi connectivity index (χ1v) is 8.44. The third kappa shape index (κ3) is 2.73. The highest BCUT2D eigenvalue weighted by Crippen LogP contribution is 2.28. The number of nitrogens with two attached hydrogens (primary N) is 1. The van der Waals surface area contributed by atoms with E-state index in [-0.39, 0.29) is 0 Å². The summed E-state index contributed by atoms with van der Waals surface area (Å²) in [5.74, 6) is 1.66. The van der Waals surface area contributed by atoms with Crippen molar-refractivity contribution in [2.24, 2.45) is 0 Å². The van der Waals surface area contributed by atoms with E-state index >= 15 is 0 Å². The number of aromatic amines is 1. The molecule has 1 fully saturated rings. The van der Waals surface area contributed by atoms with Gasteiger partial charge in [0.15, 0.2) is 11.5 Å². The van der Waals surface area contributed by atoms with Crippen LogP contribution in [0.1, 0.15) is 37.2 Å². The van der Waals surface area contributed by atoms with Gasteiger partial charge in [-0.25, -0.2) is 15.0 Å². The minimum atomic E-state index is 0.348. The van der Waals surface area contributed by atoms with Crippen molar-refractivity contribution in [2.75, 3.05) is 18.8 Å². The molecule has 4 heterocycles. The number of rotatable bonds is 4. The molecule has 0 radical (unpaired) electrons. The fraction of sp³-hybridized carbons (Fsp3) is 0.500. The number of nitrogens with zero attached hydrogens (tertiary/aromatic N) is 6. The summed E-state index contributed by atoms with van der Waals surface area (Å²) < 4.78 is 2.06. The fourth-order valence-electron chi connectivity index (χ4n) is 3.41. The number of piperidine rings is 1. The van der Waals surface area contributed by atoms with Crippen molar-refractivity contribution >= 4 is 17.0 Å². The number of imidazole rings is 1. The second-order valence-electron chi connectivity index (χ2n) is 6.26. The number of fused-ring (bicyclic) bond motifs is 1. The lowest BCUT2D eigenvalue weighted by atomic mass is 9.96. The van der Waals surface area contributed by atoms with E-state index in [1.54, 1.807) is 6.33 Å². The number of anilines is 1. The van der Waals surface area contributed by atoms with Crippen LogP contribution in [0.3, 0.4) is 0 Å². The first-order chi connectivity index (χ1) is 11.7. The van der Waals surface area contributed by atoms with Crippen LogP contribution in [0.4, 0.5) is 5.82 Å². The van der Waals surface area contributed by atoms with Crippen LogP contribution in [0.2, 0.25) is 0 Å². The van der Waals surface area contributed by atoms with Crippen molar-refractivity contribution in [1.82, 2.24) is 34.6 Å². The van der Waals surface area contributed by atoms with Gasteiger partial charge < -0.3 is 10.7 Å². The Hall–Kier alpha value is -2.48. The Bertz CT molecular complexity index is 828. The Labute approximate surface area is 140 Å². The van der Waals surface area contributed by atoms with Gasteiger partial charge >= 0.3 is 0 Å². The molecule has 0 amide bonds. The van der Waals surface area contributed by atoms with Crippen LogP contribution in [0.15, 0.2) is 18.6 Å². The molecule has 3 N–H and O–H groups in total. The van der Waals surface area contributed by atoms with Gasteiger partial charge in [-0.05, 0) is 38.9 Å². The topological polar surface area (TPSA) is 102 Å². The SMILES string of the molecule is CCn1nccc1CN1CCC(c2nc(N)c3[nH]cnc3n2)CC1. The molecule has 0 unspecified atom stereocenters. The molecule has 0 saturated carbocycles. The third-order valence-corrected chi connectivity index (χ3v) is 4.77. The van der Waals surface area contributed by atoms with Crippen LogP contribution in [-0.2, 0) is 13.1 Å². The zero-order chi connectivity index (χ0) is 16.5. The van der Waals surface area contributed by atoms with Crippen molar-refractivity contribution in [3.8, 4) is 0 Å². The van der Waals surface area contributed by atoms with Gasteiger partial charge in [0.25, 0.3) is 0 Å². The second-order valence-corrected chi connectivity index (χ2v) is 6.26. The number of H-pyrrole nitrogens is 1. The van der Waals surface area contributed by atoms with E-state index in [9.17, 15) is 0 Å². The average molecular weight is 326 g/mol. The van der Waals surface area contributed by atoms with Crippen molar-refractivity contribution in [2.45, 2.75) is 38.8 Å². The van der Waals surface area contributed by atoms with Gasteiger partial charge in [0.05, 0.1) is 12.0 Å². The first kappa shape index (κ1) is 15.1. The summed E-state index contributed by atoms with van der Waals surface area (Å²) in [4.78, 5) is 18.7. The third-order valence-electron chi connectivity index (χ3n) is 4.77. The number of nitrogen functional groups attached to an aromatic ring is 1. The summed E-state index contributed by atoms with van der Waals surface area (Å²) in [5.41, 5.74) is 8.67. The summed E-state index contributed by atoms with van der Waals surface area (Å²) >= 11 is 0. The molecule has 0 spiro atoms. The summed E-state index contributed by atoms with van der Waals surface area (Å²) in [6, 6.07) is 2.10. The largest absolute Gasteiger partial charge is 0.382 e. The van der Waals surface area contributed by atoms with Crippen molar-refractivity contribution in [3.05, 3.63) is 30.1 Å². The van der Waals surface area contributed by atoms with Gasteiger partial charge in [-0.2, -0.15) is 5.10 Å². The zero-order valence-electron chi connectivity index (χ0n) is 13.8. The highest BCUT2D eigenvalue weighted by Gasteiger charge is 2.24. The predicted octanol–water partition coefficient (Wildman–Crippen LogP) is 1.53. The van der Waals surface area contributed by atoms with Crippen LogP contribution in [0.5, 0.6) is 0 Å². The number of likely N-dealkylation sites (tertiary alicyclic amines) is 1. The molecule has 24 heavy (non-hydrogen) atoms.